The van der Waals surface area contributed by atoms with Gasteiger partial charge in [-0.2, -0.15) is 8.78 Å². The lowest BCUT2D eigenvalue weighted by Gasteiger charge is -2.11. The molecule has 0 radical (unpaired) electrons. The molecule has 2 aromatic rings. The molecule has 0 saturated carbocycles. The number of methoxy groups -OCH3 is 1. The Labute approximate surface area is 166 Å². The summed E-state index contributed by atoms with van der Waals surface area (Å²) in [6.07, 6.45) is 5.12. The van der Waals surface area contributed by atoms with Gasteiger partial charge in [0.25, 0.3) is 5.91 Å². The quantitative estimate of drug-likeness (QED) is 0.696. The third-order valence-electron chi connectivity index (χ3n) is 4.48. The maximum atomic E-state index is 12.4. The molecule has 0 fully saturated rings. The highest BCUT2D eigenvalue weighted by Gasteiger charge is 2.16. The van der Waals surface area contributed by atoms with Gasteiger partial charge in [0.05, 0.1) is 25.9 Å². The monoisotopic (exact) mass is 408 g/mol. The average Bonchev–Trinajstić information content (AvgIpc) is 3.13. The summed E-state index contributed by atoms with van der Waals surface area (Å²) in [6.45, 7) is -2.02. The second-order valence-corrected chi connectivity index (χ2v) is 6.50. The van der Waals surface area contributed by atoms with Crippen molar-refractivity contribution in [3.05, 3.63) is 41.5 Å². The number of carbonyl (C=O) groups is 2. The molecule has 0 aliphatic carbocycles. The number of hydrogen-bond acceptors (Lipinski definition) is 5. The SMILES string of the molecule is COc1cc(C(=O)NCC(=O)NCc2cn3c(n2)CCCC3)ccc1OC(F)F. The van der Waals surface area contributed by atoms with Crippen molar-refractivity contribution in [2.75, 3.05) is 13.7 Å². The van der Waals surface area contributed by atoms with E-state index in [1.165, 1.54) is 25.3 Å². The molecule has 2 amide bonds. The Kier molecular flexibility index (Phi) is 6.63. The van der Waals surface area contributed by atoms with Crippen molar-refractivity contribution in [1.29, 1.82) is 0 Å². The predicted octanol–water partition coefficient (Wildman–Crippen LogP) is 1.88. The first-order chi connectivity index (χ1) is 14.0. The fraction of sp³-hybridized carbons (Fsp3) is 0.421. The van der Waals surface area contributed by atoms with E-state index < -0.39 is 12.5 Å². The number of carbonyl (C=O) groups excluding carboxylic acids is 2. The third kappa shape index (κ3) is 5.43. The van der Waals surface area contributed by atoms with Gasteiger partial charge in [-0.15, -0.1) is 0 Å². The molecule has 0 unspecified atom stereocenters. The number of aryl methyl sites for hydroxylation is 2. The van der Waals surface area contributed by atoms with Crippen molar-refractivity contribution in [3.8, 4) is 11.5 Å². The minimum atomic E-state index is -3.01. The Morgan fingerprint density at radius 3 is 2.79 bits per heavy atom. The summed E-state index contributed by atoms with van der Waals surface area (Å²) in [4.78, 5) is 28.7. The van der Waals surface area contributed by atoms with Gasteiger partial charge in [0.2, 0.25) is 5.91 Å². The van der Waals surface area contributed by atoms with E-state index in [1.54, 1.807) is 0 Å². The van der Waals surface area contributed by atoms with Crippen LogP contribution in [0, 0.1) is 0 Å². The number of benzene rings is 1. The van der Waals surface area contributed by atoms with Gasteiger partial charge in [0, 0.05) is 24.7 Å². The first kappa shape index (κ1) is 20.6. The van der Waals surface area contributed by atoms with Crippen LogP contribution in [-0.4, -0.2) is 41.6 Å². The number of alkyl halides is 2. The van der Waals surface area contributed by atoms with Crippen LogP contribution in [0.3, 0.4) is 0 Å². The summed E-state index contributed by atoms with van der Waals surface area (Å²) in [5, 5.41) is 5.19. The fourth-order valence-electron chi connectivity index (χ4n) is 3.07. The summed E-state index contributed by atoms with van der Waals surface area (Å²) >= 11 is 0. The number of hydrogen-bond donors (Lipinski definition) is 2. The molecular formula is C19H22F2N4O4. The topological polar surface area (TPSA) is 94.5 Å². The molecule has 3 rings (SSSR count). The van der Waals surface area contributed by atoms with Crippen LogP contribution >= 0.6 is 0 Å². The highest BCUT2D eigenvalue weighted by molar-refractivity contribution is 5.97. The van der Waals surface area contributed by atoms with Crippen LogP contribution in [0.5, 0.6) is 11.5 Å². The molecule has 156 valence electrons. The molecule has 10 heteroatoms. The second kappa shape index (κ2) is 9.35. The van der Waals surface area contributed by atoms with Crippen molar-refractivity contribution >= 4 is 11.8 Å². The van der Waals surface area contributed by atoms with Gasteiger partial charge < -0.3 is 24.7 Å². The van der Waals surface area contributed by atoms with Crippen molar-refractivity contribution in [1.82, 2.24) is 20.2 Å². The highest BCUT2D eigenvalue weighted by atomic mass is 19.3. The molecular weight excluding hydrogens is 386 g/mol. The summed E-state index contributed by atoms with van der Waals surface area (Å²) in [6, 6.07) is 3.78. The molecule has 8 nitrogen and oxygen atoms in total. The molecule has 2 N–H and O–H groups in total. The molecule has 0 atom stereocenters. The number of nitrogens with zero attached hydrogens (tertiary/aromatic N) is 2. The van der Waals surface area contributed by atoms with Crippen LogP contribution < -0.4 is 20.1 Å². The van der Waals surface area contributed by atoms with Gasteiger partial charge >= 0.3 is 6.61 Å². The molecule has 1 aliphatic heterocycles. The largest absolute Gasteiger partial charge is 0.493 e. The number of amides is 2. The van der Waals surface area contributed by atoms with Gasteiger partial charge in [0.15, 0.2) is 11.5 Å². The third-order valence-corrected chi connectivity index (χ3v) is 4.48. The molecule has 1 aromatic carbocycles. The molecule has 0 spiro atoms. The number of fused-ring (bicyclic) bond motifs is 1. The Balaban J connectivity index is 1.49. The smallest absolute Gasteiger partial charge is 0.387 e. The van der Waals surface area contributed by atoms with Gasteiger partial charge in [0.1, 0.15) is 5.82 Å². The van der Waals surface area contributed by atoms with E-state index in [4.69, 9.17) is 4.74 Å². The molecule has 1 aromatic heterocycles. The van der Waals surface area contributed by atoms with E-state index >= 15 is 0 Å². The molecule has 0 saturated heterocycles. The number of halogens is 2. The van der Waals surface area contributed by atoms with E-state index in [0.717, 1.165) is 37.3 Å². The lowest BCUT2D eigenvalue weighted by molar-refractivity contribution is -0.120. The summed E-state index contributed by atoms with van der Waals surface area (Å²) < 4.78 is 36.1. The van der Waals surface area contributed by atoms with Crippen LogP contribution in [0.15, 0.2) is 24.4 Å². The lowest BCUT2D eigenvalue weighted by atomic mass is 10.2. The summed E-state index contributed by atoms with van der Waals surface area (Å²) in [5.74, 6) is -0.0684. The van der Waals surface area contributed by atoms with Crippen molar-refractivity contribution < 1.29 is 27.8 Å². The predicted molar refractivity (Wildman–Crippen MR) is 99.0 cm³/mol. The van der Waals surface area contributed by atoms with Gasteiger partial charge in [-0.25, -0.2) is 4.98 Å². The summed E-state index contributed by atoms with van der Waals surface area (Å²) in [5.41, 5.74) is 0.930. The van der Waals surface area contributed by atoms with E-state index in [1.807, 2.05) is 6.20 Å². The number of ether oxygens (including phenoxy) is 2. The minimum Gasteiger partial charge on any atom is -0.493 e. The lowest BCUT2D eigenvalue weighted by Crippen LogP contribution is -2.36. The van der Waals surface area contributed by atoms with E-state index in [2.05, 4.69) is 24.9 Å². The van der Waals surface area contributed by atoms with Crippen molar-refractivity contribution in [3.63, 3.8) is 0 Å². The normalized spacial score (nSPS) is 13.0. The first-order valence-corrected chi connectivity index (χ1v) is 9.19. The number of nitrogens with one attached hydrogen (secondary N) is 2. The van der Waals surface area contributed by atoms with Crippen LogP contribution in [0.4, 0.5) is 8.78 Å². The molecule has 2 heterocycles. The van der Waals surface area contributed by atoms with Crippen molar-refractivity contribution in [2.45, 2.75) is 39.0 Å². The van der Waals surface area contributed by atoms with Crippen LogP contribution in [0.1, 0.15) is 34.7 Å². The number of rotatable bonds is 8. The van der Waals surface area contributed by atoms with Crippen LogP contribution in [-0.2, 0) is 24.3 Å². The Morgan fingerprint density at radius 2 is 2.07 bits per heavy atom. The van der Waals surface area contributed by atoms with Crippen LogP contribution in [0.25, 0.3) is 0 Å². The van der Waals surface area contributed by atoms with Crippen LogP contribution in [0.2, 0.25) is 0 Å². The zero-order chi connectivity index (χ0) is 20.8. The minimum absolute atomic E-state index is 0.00819. The highest BCUT2D eigenvalue weighted by Crippen LogP contribution is 2.29. The maximum Gasteiger partial charge on any atom is 0.387 e. The Hall–Kier alpha value is -3.17. The van der Waals surface area contributed by atoms with E-state index in [0.29, 0.717) is 0 Å². The standard InChI is InChI=1S/C19H22F2N4O4/c1-28-15-8-12(5-6-14(15)29-19(20)21)18(27)23-10-17(26)22-9-13-11-25-7-3-2-4-16(25)24-13/h5-6,8,11,19H,2-4,7,9-10H2,1H3,(H,22,26)(H,23,27). The zero-order valence-corrected chi connectivity index (χ0v) is 15.9. The van der Waals surface area contributed by atoms with E-state index in [-0.39, 0.29) is 36.1 Å². The molecule has 29 heavy (non-hydrogen) atoms. The second-order valence-electron chi connectivity index (χ2n) is 6.50. The summed E-state index contributed by atoms with van der Waals surface area (Å²) in [7, 11) is 1.27. The number of aromatic nitrogens is 2. The zero-order valence-electron chi connectivity index (χ0n) is 15.9. The Morgan fingerprint density at radius 1 is 1.24 bits per heavy atom. The first-order valence-electron chi connectivity index (χ1n) is 9.19. The fourth-order valence-corrected chi connectivity index (χ4v) is 3.07. The van der Waals surface area contributed by atoms with Gasteiger partial charge in [-0.3, -0.25) is 9.59 Å². The van der Waals surface area contributed by atoms with E-state index in [9.17, 15) is 18.4 Å². The maximum absolute atomic E-state index is 12.4. The Bertz CT molecular complexity index is 862. The van der Waals surface area contributed by atoms with Gasteiger partial charge in [-0.05, 0) is 31.0 Å². The van der Waals surface area contributed by atoms with Gasteiger partial charge in [-0.1, -0.05) is 0 Å². The molecule has 0 bridgehead atoms. The van der Waals surface area contributed by atoms with Crippen molar-refractivity contribution in [2.24, 2.45) is 0 Å². The average molecular weight is 408 g/mol. The number of imidazole rings is 1. The molecule has 1 aliphatic rings.